The van der Waals surface area contributed by atoms with E-state index in [0.29, 0.717) is 13.0 Å². The van der Waals surface area contributed by atoms with Crippen LogP contribution in [0.15, 0.2) is 41.5 Å². The number of halogens is 1. The summed E-state index contributed by atoms with van der Waals surface area (Å²) >= 11 is 1.77. The highest BCUT2D eigenvalue weighted by Crippen LogP contribution is 2.13. The molecule has 26 heavy (non-hydrogen) atoms. The number of nitrogens with zero attached hydrogens (tertiary/aromatic N) is 2. The lowest BCUT2D eigenvalue weighted by Gasteiger charge is -2.13. The lowest BCUT2D eigenvalue weighted by molar-refractivity contribution is 0.183. The third kappa shape index (κ3) is 8.46. The van der Waals surface area contributed by atoms with Crippen LogP contribution in [-0.2, 0) is 19.3 Å². The van der Waals surface area contributed by atoms with Crippen LogP contribution in [0.25, 0.3) is 0 Å². The van der Waals surface area contributed by atoms with Crippen LogP contribution in [0, 0.1) is 0 Å². The molecule has 2 rings (SSSR count). The fourth-order valence-corrected chi connectivity index (χ4v) is 3.27. The summed E-state index contributed by atoms with van der Waals surface area (Å²) in [5.41, 5.74) is 1.12. The second-order valence-electron chi connectivity index (χ2n) is 5.81. The van der Waals surface area contributed by atoms with Crippen molar-refractivity contribution in [2.75, 3.05) is 19.6 Å². The fourth-order valence-electron chi connectivity index (χ4n) is 2.40. The fraction of sp³-hybridized carbons (Fsp3) is 0.474. The molecule has 0 bridgehead atoms. The molecule has 7 heteroatoms. The maximum absolute atomic E-state index is 10.2. The first-order valence-corrected chi connectivity index (χ1v) is 9.70. The predicted octanol–water partition coefficient (Wildman–Crippen LogP) is 3.02. The molecule has 0 amide bonds. The molecule has 0 aliphatic carbocycles. The van der Waals surface area contributed by atoms with Crippen LogP contribution in [0.3, 0.4) is 0 Å². The third-order valence-corrected chi connectivity index (χ3v) is 4.90. The number of hydrogen-bond acceptors (Lipinski definition) is 4. The summed E-state index contributed by atoms with van der Waals surface area (Å²) in [5, 5.41) is 17.9. The first kappa shape index (κ1) is 22.9. The molecular weight excluding hydrogens is 459 g/mol. The number of benzene rings is 1. The van der Waals surface area contributed by atoms with Gasteiger partial charge >= 0.3 is 0 Å². The van der Waals surface area contributed by atoms with Crippen molar-refractivity contribution < 1.29 is 5.11 Å². The Balaban J connectivity index is 0.00000338. The molecule has 0 spiro atoms. The highest BCUT2D eigenvalue weighted by atomic mass is 127. The standard InChI is InChI=1S/C19H28N4OS.HI/c1-3-17-14-22-18(25-17)10-11-21-19(20-4-2)23-13-16(24)12-15-8-6-5-7-9-15;/h5-9,14,16,24H,3-4,10-13H2,1-2H3,(H2,20,21,23);1H. The van der Waals surface area contributed by atoms with Gasteiger partial charge in [-0.25, -0.2) is 4.98 Å². The van der Waals surface area contributed by atoms with Gasteiger partial charge in [0.05, 0.1) is 17.7 Å². The minimum atomic E-state index is -0.482. The van der Waals surface area contributed by atoms with Gasteiger partial charge in [-0.1, -0.05) is 37.3 Å². The number of aromatic nitrogens is 1. The van der Waals surface area contributed by atoms with Gasteiger partial charge in [0.1, 0.15) is 0 Å². The van der Waals surface area contributed by atoms with Gasteiger partial charge < -0.3 is 15.7 Å². The Morgan fingerprint density at radius 2 is 2.00 bits per heavy atom. The molecule has 1 aromatic carbocycles. The van der Waals surface area contributed by atoms with Crippen LogP contribution in [-0.4, -0.2) is 41.8 Å². The van der Waals surface area contributed by atoms with Crippen molar-refractivity contribution >= 4 is 41.3 Å². The van der Waals surface area contributed by atoms with E-state index in [-0.39, 0.29) is 24.0 Å². The zero-order valence-electron chi connectivity index (χ0n) is 15.4. The molecule has 3 N–H and O–H groups in total. The van der Waals surface area contributed by atoms with Crippen LogP contribution >= 0.6 is 35.3 Å². The molecule has 5 nitrogen and oxygen atoms in total. The minimum absolute atomic E-state index is 0. The topological polar surface area (TPSA) is 69.5 Å². The van der Waals surface area contributed by atoms with Crippen LogP contribution in [0.5, 0.6) is 0 Å². The molecule has 0 saturated carbocycles. The Morgan fingerprint density at radius 3 is 2.65 bits per heavy atom. The van der Waals surface area contributed by atoms with Crippen LogP contribution < -0.4 is 10.6 Å². The Kier molecular flexibility index (Phi) is 11.5. The maximum Gasteiger partial charge on any atom is 0.191 e. The number of thiazole rings is 1. The van der Waals surface area contributed by atoms with Gasteiger partial charge in [0.15, 0.2) is 5.96 Å². The summed E-state index contributed by atoms with van der Waals surface area (Å²) in [7, 11) is 0. The van der Waals surface area contributed by atoms with E-state index in [1.807, 2.05) is 43.5 Å². The predicted molar refractivity (Wildman–Crippen MR) is 121 cm³/mol. The van der Waals surface area contributed by atoms with Crippen molar-refractivity contribution in [3.05, 3.63) is 52.0 Å². The maximum atomic E-state index is 10.2. The molecule has 1 unspecified atom stereocenters. The molecule has 1 atom stereocenters. The zero-order valence-corrected chi connectivity index (χ0v) is 18.6. The van der Waals surface area contributed by atoms with Gasteiger partial charge in [0.25, 0.3) is 0 Å². The molecule has 0 saturated heterocycles. The number of guanidine groups is 1. The molecule has 0 aliphatic rings. The minimum Gasteiger partial charge on any atom is -0.391 e. The third-order valence-electron chi connectivity index (χ3n) is 3.70. The molecule has 144 valence electrons. The summed E-state index contributed by atoms with van der Waals surface area (Å²) in [6.07, 6.45) is 4.00. The molecule has 0 aliphatic heterocycles. The monoisotopic (exact) mass is 488 g/mol. The van der Waals surface area contributed by atoms with Gasteiger partial charge in [0.2, 0.25) is 0 Å². The normalized spacial score (nSPS) is 12.3. The smallest absolute Gasteiger partial charge is 0.191 e. The van der Waals surface area contributed by atoms with E-state index < -0.39 is 6.10 Å². The van der Waals surface area contributed by atoms with Crippen molar-refractivity contribution in [1.29, 1.82) is 0 Å². The van der Waals surface area contributed by atoms with Gasteiger partial charge in [-0.05, 0) is 18.9 Å². The Bertz CT molecular complexity index is 648. The Morgan fingerprint density at radius 1 is 1.23 bits per heavy atom. The second-order valence-corrected chi connectivity index (χ2v) is 7.01. The highest BCUT2D eigenvalue weighted by molar-refractivity contribution is 14.0. The molecular formula is C19H29IN4OS. The van der Waals surface area contributed by atoms with E-state index >= 15 is 0 Å². The Labute approximate surface area is 177 Å². The lowest BCUT2D eigenvalue weighted by atomic mass is 10.1. The van der Waals surface area contributed by atoms with Gasteiger partial charge in [0, 0.05) is 37.0 Å². The number of hydrogen-bond donors (Lipinski definition) is 3. The highest BCUT2D eigenvalue weighted by Gasteiger charge is 2.06. The SMILES string of the molecule is CCNC(=NCC(O)Cc1ccccc1)NCCc1ncc(CC)s1.I. The molecule has 0 fully saturated rings. The number of aliphatic hydroxyl groups excluding tert-OH is 1. The van der Waals surface area contributed by atoms with Gasteiger partial charge in [-0.3, -0.25) is 4.99 Å². The average Bonchev–Trinajstić information content (AvgIpc) is 3.08. The number of rotatable bonds is 9. The van der Waals surface area contributed by atoms with Crippen molar-refractivity contribution in [2.45, 2.75) is 39.2 Å². The largest absolute Gasteiger partial charge is 0.391 e. The van der Waals surface area contributed by atoms with E-state index in [1.54, 1.807) is 11.3 Å². The lowest BCUT2D eigenvalue weighted by Crippen LogP contribution is -2.39. The second kappa shape index (κ2) is 13.1. The van der Waals surface area contributed by atoms with Gasteiger partial charge in [-0.15, -0.1) is 35.3 Å². The van der Waals surface area contributed by atoms with Crippen molar-refractivity contribution in [2.24, 2.45) is 4.99 Å². The molecule has 1 aromatic heterocycles. The van der Waals surface area contributed by atoms with Crippen molar-refractivity contribution in [3.63, 3.8) is 0 Å². The first-order chi connectivity index (χ1) is 12.2. The van der Waals surface area contributed by atoms with E-state index in [0.717, 1.165) is 42.5 Å². The van der Waals surface area contributed by atoms with E-state index in [4.69, 9.17) is 0 Å². The van der Waals surface area contributed by atoms with Crippen molar-refractivity contribution in [3.8, 4) is 0 Å². The summed E-state index contributed by atoms with van der Waals surface area (Å²) in [4.78, 5) is 10.2. The van der Waals surface area contributed by atoms with Gasteiger partial charge in [-0.2, -0.15) is 0 Å². The van der Waals surface area contributed by atoms with E-state index in [9.17, 15) is 5.11 Å². The quantitative estimate of drug-likeness (QED) is 0.289. The average molecular weight is 488 g/mol. The molecule has 1 heterocycles. The Hall–Kier alpha value is -1.19. The summed E-state index contributed by atoms with van der Waals surface area (Å²) in [5.74, 6) is 0.738. The van der Waals surface area contributed by atoms with E-state index in [1.165, 1.54) is 4.88 Å². The first-order valence-electron chi connectivity index (χ1n) is 8.89. The molecule has 0 radical (unpaired) electrons. The summed E-state index contributed by atoms with van der Waals surface area (Å²) in [6, 6.07) is 10.00. The zero-order chi connectivity index (χ0) is 17.9. The number of aliphatic hydroxyl groups is 1. The van der Waals surface area contributed by atoms with Crippen LogP contribution in [0.4, 0.5) is 0 Å². The number of aliphatic imine (C=N–C) groups is 1. The summed E-state index contributed by atoms with van der Waals surface area (Å²) < 4.78 is 0. The number of nitrogens with one attached hydrogen (secondary N) is 2. The van der Waals surface area contributed by atoms with Crippen LogP contribution in [0.1, 0.15) is 29.3 Å². The number of aryl methyl sites for hydroxylation is 1. The van der Waals surface area contributed by atoms with Crippen molar-refractivity contribution in [1.82, 2.24) is 15.6 Å². The summed E-state index contributed by atoms with van der Waals surface area (Å²) in [6.45, 7) is 6.12. The molecule has 2 aromatic rings. The van der Waals surface area contributed by atoms with Crippen LogP contribution in [0.2, 0.25) is 0 Å². The van der Waals surface area contributed by atoms with E-state index in [2.05, 4.69) is 27.5 Å².